The fraction of sp³-hybridized carbons (Fsp3) is 0.136. The lowest BCUT2D eigenvalue weighted by atomic mass is 10.1. The van der Waals surface area contributed by atoms with Crippen molar-refractivity contribution in [2.24, 2.45) is 0 Å². The zero-order chi connectivity index (χ0) is 19.5. The average molecular weight is 372 g/mol. The SMILES string of the molecule is COC(C(=O)Nc1cccc(-c2cn3cccc(C)c3n2)c1)c1cccnc1. The topological polar surface area (TPSA) is 68.5 Å². The van der Waals surface area contributed by atoms with Gasteiger partial charge in [0.05, 0.1) is 5.69 Å². The van der Waals surface area contributed by atoms with Crippen molar-refractivity contribution in [3.63, 3.8) is 0 Å². The van der Waals surface area contributed by atoms with E-state index < -0.39 is 6.10 Å². The number of pyridine rings is 2. The maximum absolute atomic E-state index is 12.7. The van der Waals surface area contributed by atoms with E-state index in [9.17, 15) is 4.79 Å². The molecule has 0 aliphatic carbocycles. The molecule has 1 amide bonds. The molecule has 0 fully saturated rings. The minimum absolute atomic E-state index is 0.251. The maximum Gasteiger partial charge on any atom is 0.258 e. The monoisotopic (exact) mass is 372 g/mol. The van der Waals surface area contributed by atoms with Gasteiger partial charge >= 0.3 is 0 Å². The van der Waals surface area contributed by atoms with Gasteiger partial charge in [-0.2, -0.15) is 0 Å². The summed E-state index contributed by atoms with van der Waals surface area (Å²) >= 11 is 0. The number of nitrogens with zero attached hydrogens (tertiary/aromatic N) is 3. The summed E-state index contributed by atoms with van der Waals surface area (Å²) in [6, 6.07) is 15.2. The molecule has 0 bridgehead atoms. The molecule has 0 aliphatic heterocycles. The molecule has 0 spiro atoms. The Kier molecular flexibility index (Phi) is 4.87. The number of aryl methyl sites for hydroxylation is 1. The van der Waals surface area contributed by atoms with Crippen LogP contribution in [0.2, 0.25) is 0 Å². The van der Waals surface area contributed by atoms with Crippen LogP contribution < -0.4 is 5.32 Å². The molecule has 28 heavy (non-hydrogen) atoms. The summed E-state index contributed by atoms with van der Waals surface area (Å²) in [6.45, 7) is 2.03. The summed E-state index contributed by atoms with van der Waals surface area (Å²) in [7, 11) is 1.51. The van der Waals surface area contributed by atoms with E-state index in [4.69, 9.17) is 9.72 Å². The van der Waals surface area contributed by atoms with Gasteiger partial charge in [0.25, 0.3) is 5.91 Å². The molecule has 6 nitrogen and oxygen atoms in total. The first-order valence-corrected chi connectivity index (χ1v) is 8.94. The Balaban J connectivity index is 1.59. The highest BCUT2D eigenvalue weighted by Crippen LogP contribution is 2.25. The molecule has 1 aromatic carbocycles. The van der Waals surface area contributed by atoms with Gasteiger partial charge in [-0.25, -0.2) is 4.98 Å². The van der Waals surface area contributed by atoms with Crippen LogP contribution in [0.25, 0.3) is 16.9 Å². The Morgan fingerprint density at radius 3 is 2.82 bits per heavy atom. The van der Waals surface area contributed by atoms with Gasteiger partial charge in [0.15, 0.2) is 6.10 Å². The van der Waals surface area contributed by atoms with Crippen molar-refractivity contribution in [2.75, 3.05) is 12.4 Å². The van der Waals surface area contributed by atoms with Gasteiger partial charge in [0.1, 0.15) is 5.65 Å². The van der Waals surface area contributed by atoms with Crippen molar-refractivity contribution in [1.29, 1.82) is 0 Å². The molecular weight excluding hydrogens is 352 g/mol. The number of benzene rings is 1. The summed E-state index contributed by atoms with van der Waals surface area (Å²) in [5.74, 6) is -0.251. The van der Waals surface area contributed by atoms with E-state index in [0.29, 0.717) is 11.3 Å². The minimum Gasteiger partial charge on any atom is -0.367 e. The summed E-state index contributed by atoms with van der Waals surface area (Å²) in [5.41, 5.74) is 5.19. The molecule has 140 valence electrons. The first kappa shape index (κ1) is 17.9. The van der Waals surface area contributed by atoms with Crippen molar-refractivity contribution in [3.05, 3.63) is 84.4 Å². The van der Waals surface area contributed by atoms with Gasteiger partial charge in [0, 0.05) is 48.7 Å². The maximum atomic E-state index is 12.7. The van der Waals surface area contributed by atoms with Crippen molar-refractivity contribution < 1.29 is 9.53 Å². The lowest BCUT2D eigenvalue weighted by Crippen LogP contribution is -2.22. The van der Waals surface area contributed by atoms with E-state index in [1.54, 1.807) is 18.5 Å². The van der Waals surface area contributed by atoms with Gasteiger partial charge < -0.3 is 14.5 Å². The molecular formula is C22H20N4O2. The third kappa shape index (κ3) is 3.50. The molecule has 1 unspecified atom stereocenters. The summed E-state index contributed by atoms with van der Waals surface area (Å²) in [5, 5.41) is 2.92. The van der Waals surface area contributed by atoms with Crippen LogP contribution in [0.4, 0.5) is 5.69 Å². The normalized spacial score (nSPS) is 12.1. The zero-order valence-corrected chi connectivity index (χ0v) is 15.7. The first-order chi connectivity index (χ1) is 13.7. The lowest BCUT2D eigenvalue weighted by molar-refractivity contribution is -0.126. The number of ether oxygens (including phenoxy) is 1. The number of rotatable bonds is 5. The molecule has 3 heterocycles. The fourth-order valence-corrected chi connectivity index (χ4v) is 3.18. The highest BCUT2D eigenvalue weighted by Gasteiger charge is 2.20. The number of anilines is 1. The number of hydrogen-bond acceptors (Lipinski definition) is 4. The molecule has 4 aromatic rings. The quantitative estimate of drug-likeness (QED) is 0.574. The predicted octanol–water partition coefficient (Wildman–Crippen LogP) is 4.03. The van der Waals surface area contributed by atoms with E-state index in [0.717, 1.165) is 22.5 Å². The molecule has 1 N–H and O–H groups in total. The number of carbonyl (C=O) groups excluding carboxylic acids is 1. The van der Waals surface area contributed by atoms with Crippen molar-refractivity contribution in [2.45, 2.75) is 13.0 Å². The molecule has 3 aromatic heterocycles. The highest BCUT2D eigenvalue weighted by atomic mass is 16.5. The second kappa shape index (κ2) is 7.62. The van der Waals surface area contributed by atoms with Crippen molar-refractivity contribution in [3.8, 4) is 11.3 Å². The van der Waals surface area contributed by atoms with Crippen LogP contribution in [-0.2, 0) is 9.53 Å². The number of fused-ring (bicyclic) bond motifs is 1. The Morgan fingerprint density at radius 1 is 1.18 bits per heavy atom. The number of amides is 1. The summed E-state index contributed by atoms with van der Waals surface area (Å²) in [4.78, 5) is 21.5. The number of nitrogens with one attached hydrogen (secondary N) is 1. The zero-order valence-electron chi connectivity index (χ0n) is 15.7. The van der Waals surface area contributed by atoms with Gasteiger partial charge in [0.2, 0.25) is 0 Å². The standard InChI is InChI=1S/C22H20N4O2/c1-15-6-5-11-26-14-19(25-21(15)26)16-7-3-9-18(12-16)24-22(27)20(28-2)17-8-4-10-23-13-17/h3-14,20H,1-2H3,(H,24,27). The Bertz CT molecular complexity index is 1120. The van der Waals surface area contributed by atoms with Crippen LogP contribution in [0.5, 0.6) is 0 Å². The second-order valence-corrected chi connectivity index (χ2v) is 6.52. The van der Waals surface area contributed by atoms with Gasteiger partial charge in [-0.05, 0) is 36.8 Å². The van der Waals surface area contributed by atoms with Crippen LogP contribution in [0.15, 0.2) is 73.3 Å². The Morgan fingerprint density at radius 2 is 2.07 bits per heavy atom. The van der Waals surface area contributed by atoms with E-state index in [-0.39, 0.29) is 5.91 Å². The number of aromatic nitrogens is 3. The van der Waals surface area contributed by atoms with Crippen LogP contribution >= 0.6 is 0 Å². The first-order valence-electron chi connectivity index (χ1n) is 8.94. The van der Waals surface area contributed by atoms with Crippen LogP contribution in [0.1, 0.15) is 17.2 Å². The van der Waals surface area contributed by atoms with Crippen molar-refractivity contribution >= 4 is 17.2 Å². The number of hydrogen-bond donors (Lipinski definition) is 1. The Labute approximate surface area is 162 Å². The van der Waals surface area contributed by atoms with E-state index in [2.05, 4.69) is 10.3 Å². The Hall–Kier alpha value is -3.51. The summed E-state index contributed by atoms with van der Waals surface area (Å²) in [6.07, 6.45) is 6.52. The third-order valence-corrected chi connectivity index (χ3v) is 4.56. The largest absolute Gasteiger partial charge is 0.367 e. The molecule has 0 aliphatic rings. The predicted molar refractivity (Wildman–Crippen MR) is 108 cm³/mol. The van der Waals surface area contributed by atoms with Crippen LogP contribution in [0, 0.1) is 6.92 Å². The van der Waals surface area contributed by atoms with E-state index in [1.807, 2.05) is 66.2 Å². The molecule has 4 rings (SSSR count). The van der Waals surface area contributed by atoms with Crippen molar-refractivity contribution in [1.82, 2.24) is 14.4 Å². The molecule has 0 radical (unpaired) electrons. The molecule has 0 saturated heterocycles. The highest BCUT2D eigenvalue weighted by molar-refractivity contribution is 5.95. The number of imidazole rings is 1. The van der Waals surface area contributed by atoms with Gasteiger partial charge in [-0.3, -0.25) is 9.78 Å². The molecule has 1 atom stereocenters. The molecule has 0 saturated carbocycles. The molecule has 6 heteroatoms. The smallest absolute Gasteiger partial charge is 0.258 e. The number of methoxy groups -OCH3 is 1. The van der Waals surface area contributed by atoms with Gasteiger partial charge in [-0.15, -0.1) is 0 Å². The van der Waals surface area contributed by atoms with E-state index >= 15 is 0 Å². The average Bonchev–Trinajstić information content (AvgIpc) is 3.15. The minimum atomic E-state index is -0.727. The summed E-state index contributed by atoms with van der Waals surface area (Å²) < 4.78 is 7.37. The number of carbonyl (C=O) groups is 1. The van der Waals surface area contributed by atoms with Gasteiger partial charge in [-0.1, -0.05) is 24.3 Å². The lowest BCUT2D eigenvalue weighted by Gasteiger charge is -2.15. The van der Waals surface area contributed by atoms with E-state index in [1.165, 1.54) is 7.11 Å². The van der Waals surface area contributed by atoms with Crippen LogP contribution in [0.3, 0.4) is 0 Å². The third-order valence-electron chi connectivity index (χ3n) is 4.56. The fourth-order valence-electron chi connectivity index (χ4n) is 3.18. The second-order valence-electron chi connectivity index (χ2n) is 6.52. The van der Waals surface area contributed by atoms with Crippen LogP contribution in [-0.4, -0.2) is 27.4 Å².